The third-order valence-electron chi connectivity index (χ3n) is 5.27. The first-order valence-corrected chi connectivity index (χ1v) is 9.46. The molecule has 0 radical (unpaired) electrons. The van der Waals surface area contributed by atoms with Crippen molar-refractivity contribution in [3.05, 3.63) is 77.2 Å². The van der Waals surface area contributed by atoms with Crippen LogP contribution in [-0.2, 0) is 6.98 Å². The molecule has 2 aromatic carbocycles. The molecule has 2 heterocycles. The minimum atomic E-state index is -2.45. The summed E-state index contributed by atoms with van der Waals surface area (Å²) in [5.74, 6) is -3.61. The lowest BCUT2D eigenvalue weighted by Crippen LogP contribution is -2.50. The van der Waals surface area contributed by atoms with Gasteiger partial charge in [0.05, 0.1) is 11.3 Å². The van der Waals surface area contributed by atoms with Crippen LogP contribution in [0, 0.1) is 17.5 Å². The number of carbonyl (C=O) groups excluding carboxylic acids is 1. The van der Waals surface area contributed by atoms with Gasteiger partial charge in [0.15, 0.2) is 11.6 Å². The highest BCUT2D eigenvalue weighted by atomic mass is 19.2. The van der Waals surface area contributed by atoms with Gasteiger partial charge in [0.1, 0.15) is 5.82 Å². The van der Waals surface area contributed by atoms with Gasteiger partial charge in [-0.3, -0.25) is 9.48 Å². The summed E-state index contributed by atoms with van der Waals surface area (Å²) >= 11 is 0. The number of carbonyl (C=O) groups is 1. The predicted octanol–water partition coefficient (Wildman–Crippen LogP) is 3.38. The molecule has 0 aliphatic carbocycles. The number of amides is 1. The lowest BCUT2D eigenvalue weighted by Gasteiger charge is -2.33. The van der Waals surface area contributed by atoms with Crippen molar-refractivity contribution in [3.8, 4) is 11.3 Å². The van der Waals surface area contributed by atoms with Crippen LogP contribution in [0.2, 0.25) is 0 Å². The van der Waals surface area contributed by atoms with Crippen molar-refractivity contribution in [2.45, 2.75) is 18.4 Å². The van der Waals surface area contributed by atoms with E-state index in [0.717, 1.165) is 22.9 Å². The van der Waals surface area contributed by atoms with Crippen LogP contribution in [0.5, 0.6) is 0 Å². The Bertz CT molecular complexity index is 1180. The summed E-state index contributed by atoms with van der Waals surface area (Å²) in [7, 11) is 0. The smallest absolute Gasteiger partial charge is 0.254 e. The Morgan fingerprint density at radius 2 is 2.03 bits per heavy atom. The lowest BCUT2D eigenvalue weighted by atomic mass is 9.85. The molecule has 30 heavy (non-hydrogen) atoms. The van der Waals surface area contributed by atoms with Crippen LogP contribution < -0.4 is 10.6 Å². The number of halogens is 3. The molecule has 0 unspecified atom stereocenters. The number of aryl methyl sites for hydroxylation is 1. The molecule has 5 nitrogen and oxygen atoms in total. The number of benzene rings is 2. The van der Waals surface area contributed by atoms with Gasteiger partial charge in [-0.2, -0.15) is 5.10 Å². The fourth-order valence-corrected chi connectivity index (χ4v) is 3.73. The van der Waals surface area contributed by atoms with Crippen LogP contribution in [-0.4, -0.2) is 34.8 Å². The molecular weight excluding hydrogens is 393 g/mol. The quantitative estimate of drug-likeness (QED) is 0.684. The third kappa shape index (κ3) is 4.09. The highest BCUT2D eigenvalue weighted by Crippen LogP contribution is 2.28. The van der Waals surface area contributed by atoms with Crippen LogP contribution in [0.15, 0.2) is 48.7 Å². The molecule has 0 saturated carbocycles. The fraction of sp³-hybridized carbons (Fsp3) is 0.273. The van der Waals surface area contributed by atoms with Gasteiger partial charge in [-0.05, 0) is 48.9 Å². The van der Waals surface area contributed by atoms with Crippen LogP contribution in [0.4, 0.5) is 13.2 Å². The molecule has 156 valence electrons. The van der Waals surface area contributed by atoms with Gasteiger partial charge < -0.3 is 10.6 Å². The first kappa shape index (κ1) is 16.6. The molecule has 1 aromatic heterocycles. The summed E-state index contributed by atoms with van der Waals surface area (Å²) in [6, 6.07) is 8.56. The highest BCUT2D eigenvalue weighted by Gasteiger charge is 2.29. The topological polar surface area (TPSA) is 59.0 Å². The number of nitrogens with zero attached hydrogens (tertiary/aromatic N) is 2. The largest absolute Gasteiger partial charge is 0.347 e. The van der Waals surface area contributed by atoms with Crippen molar-refractivity contribution in [1.82, 2.24) is 20.4 Å². The van der Waals surface area contributed by atoms with E-state index in [9.17, 15) is 18.0 Å². The first-order valence-electron chi connectivity index (χ1n) is 11.0. The third-order valence-corrected chi connectivity index (χ3v) is 5.27. The van der Waals surface area contributed by atoms with Gasteiger partial charge in [-0.1, -0.05) is 12.1 Å². The number of nitrogens with one attached hydrogen (secondary N) is 2. The minimum absolute atomic E-state index is 0.191. The lowest BCUT2D eigenvalue weighted by molar-refractivity contribution is 0.0920. The summed E-state index contributed by atoms with van der Waals surface area (Å²) in [4.78, 5) is 12.8. The van der Waals surface area contributed by atoms with E-state index in [-0.39, 0.29) is 17.2 Å². The van der Waals surface area contributed by atoms with Crippen molar-refractivity contribution in [3.63, 3.8) is 0 Å². The zero-order valence-electron chi connectivity index (χ0n) is 18.8. The summed E-state index contributed by atoms with van der Waals surface area (Å²) < 4.78 is 64.7. The number of hydrogen-bond acceptors (Lipinski definition) is 3. The maximum atomic E-state index is 14.8. The Balaban J connectivity index is 1.52. The highest BCUT2D eigenvalue weighted by molar-refractivity contribution is 5.95. The van der Waals surface area contributed by atoms with Gasteiger partial charge in [-0.25, -0.2) is 13.2 Å². The zero-order valence-corrected chi connectivity index (χ0v) is 15.8. The second kappa shape index (κ2) is 8.31. The standard InChI is InChI=1S/C22H21F3N4O/c1-29-9-7-20(28-29)14-2-4-16(18(24)11-14)22(30)27-21-12-26-8-6-15(21)13-3-5-17(23)19(25)10-13/h2-5,7,9-11,15,21,26H,6,8,12H2,1H3,(H,27,30)/t15-,21+/m0/s1/i1D3. The monoisotopic (exact) mass is 417 g/mol. The van der Waals surface area contributed by atoms with E-state index in [4.69, 9.17) is 4.11 Å². The Hall–Kier alpha value is -3.13. The normalized spacial score (nSPS) is 20.8. The molecule has 1 amide bonds. The van der Waals surface area contributed by atoms with E-state index in [0.29, 0.717) is 30.6 Å². The average Bonchev–Trinajstić information content (AvgIpc) is 3.27. The van der Waals surface area contributed by atoms with Gasteiger partial charge in [0.25, 0.3) is 5.91 Å². The summed E-state index contributed by atoms with van der Waals surface area (Å²) in [5, 5.41) is 9.87. The van der Waals surface area contributed by atoms with Gasteiger partial charge in [-0.15, -0.1) is 0 Å². The van der Waals surface area contributed by atoms with E-state index < -0.39 is 36.4 Å². The summed E-state index contributed by atoms with van der Waals surface area (Å²) in [6.45, 7) is -1.42. The molecular formula is C22H21F3N4O. The maximum absolute atomic E-state index is 14.8. The van der Waals surface area contributed by atoms with Crippen molar-refractivity contribution >= 4 is 5.91 Å². The molecule has 2 N–H and O–H groups in total. The van der Waals surface area contributed by atoms with Crippen molar-refractivity contribution in [2.24, 2.45) is 6.98 Å². The second-order valence-corrected chi connectivity index (χ2v) is 7.19. The molecule has 1 aliphatic rings. The number of piperidine rings is 1. The number of rotatable bonds is 4. The summed E-state index contributed by atoms with van der Waals surface area (Å²) in [6.07, 6.45) is 1.86. The second-order valence-electron chi connectivity index (χ2n) is 7.19. The average molecular weight is 417 g/mol. The van der Waals surface area contributed by atoms with E-state index in [1.54, 1.807) is 0 Å². The SMILES string of the molecule is [2H]C([2H])([2H])n1ccc(-c2ccc(C(=O)N[C@@H]3CNCC[C@H]3c3ccc(F)c(F)c3)c(F)c2)n1. The fourth-order valence-electron chi connectivity index (χ4n) is 3.73. The molecule has 8 heteroatoms. The van der Waals surface area contributed by atoms with Gasteiger partial charge >= 0.3 is 0 Å². The van der Waals surface area contributed by atoms with Gasteiger partial charge in [0.2, 0.25) is 0 Å². The Morgan fingerprint density at radius 1 is 1.17 bits per heavy atom. The predicted molar refractivity (Wildman–Crippen MR) is 106 cm³/mol. The van der Waals surface area contributed by atoms with Gasteiger partial charge in [0, 0.05) is 41.4 Å². The van der Waals surface area contributed by atoms with Crippen molar-refractivity contribution < 1.29 is 22.1 Å². The van der Waals surface area contributed by atoms with E-state index in [1.807, 2.05) is 0 Å². The van der Waals surface area contributed by atoms with Crippen molar-refractivity contribution in [1.29, 1.82) is 0 Å². The Morgan fingerprint density at radius 3 is 2.77 bits per heavy atom. The molecule has 1 fully saturated rings. The number of hydrogen-bond donors (Lipinski definition) is 2. The van der Waals surface area contributed by atoms with Crippen molar-refractivity contribution in [2.75, 3.05) is 13.1 Å². The van der Waals surface area contributed by atoms with Crippen LogP contribution in [0.1, 0.15) is 32.4 Å². The number of aromatic nitrogens is 2. The molecule has 0 bridgehead atoms. The Kier molecular flexibility index (Phi) is 4.61. The molecule has 2 atom stereocenters. The minimum Gasteiger partial charge on any atom is -0.347 e. The molecule has 4 rings (SSSR count). The summed E-state index contributed by atoms with van der Waals surface area (Å²) in [5.41, 5.74) is 0.947. The molecule has 3 aromatic rings. The zero-order chi connectivity index (χ0) is 23.8. The van der Waals surface area contributed by atoms with Crippen LogP contribution in [0.3, 0.4) is 0 Å². The molecule has 1 aliphatic heterocycles. The van der Waals surface area contributed by atoms with E-state index in [2.05, 4.69) is 15.7 Å². The maximum Gasteiger partial charge on any atom is 0.254 e. The van der Waals surface area contributed by atoms with E-state index >= 15 is 0 Å². The molecule has 1 saturated heterocycles. The van der Waals surface area contributed by atoms with Crippen LogP contribution in [0.25, 0.3) is 11.3 Å². The molecule has 0 spiro atoms. The van der Waals surface area contributed by atoms with E-state index in [1.165, 1.54) is 30.5 Å². The van der Waals surface area contributed by atoms with Crippen LogP contribution >= 0.6 is 0 Å². The first-order chi connectivity index (χ1) is 15.6. The Labute approximate surface area is 176 Å².